The van der Waals surface area contributed by atoms with Gasteiger partial charge in [-0.1, -0.05) is 67.8 Å². The molecule has 1 aliphatic rings. The van der Waals surface area contributed by atoms with E-state index in [2.05, 4.69) is 58.7 Å². The lowest BCUT2D eigenvalue weighted by atomic mass is 9.69. The summed E-state index contributed by atoms with van der Waals surface area (Å²) < 4.78 is 4.80. The number of ether oxygens (including phenoxy) is 1. The monoisotopic (exact) mass is 510 g/mol. The Kier molecular flexibility index (Phi) is 8.67. The summed E-state index contributed by atoms with van der Waals surface area (Å²) in [5, 5.41) is 3.19. The van der Waals surface area contributed by atoms with Crippen LogP contribution in [-0.4, -0.2) is 33.1 Å². The third kappa shape index (κ3) is 6.52. The van der Waals surface area contributed by atoms with E-state index in [0.717, 1.165) is 43.4 Å². The van der Waals surface area contributed by atoms with E-state index in [1.54, 1.807) is 13.0 Å². The summed E-state index contributed by atoms with van der Waals surface area (Å²) in [5.41, 5.74) is 6.38. The third-order valence-corrected chi connectivity index (χ3v) is 7.54. The second-order valence-corrected chi connectivity index (χ2v) is 10.6. The first-order valence-electron chi connectivity index (χ1n) is 13.3. The molecule has 0 radical (unpaired) electrons. The minimum atomic E-state index is -0.430. The van der Waals surface area contributed by atoms with Crippen LogP contribution in [0.5, 0.6) is 0 Å². The van der Waals surface area contributed by atoms with Crippen molar-refractivity contribution in [2.75, 3.05) is 31.4 Å². The van der Waals surface area contributed by atoms with E-state index in [-0.39, 0.29) is 11.9 Å². The van der Waals surface area contributed by atoms with Gasteiger partial charge in [-0.2, -0.15) is 0 Å². The van der Waals surface area contributed by atoms with Gasteiger partial charge in [0.2, 0.25) is 5.91 Å². The fourth-order valence-electron chi connectivity index (χ4n) is 5.31. The Morgan fingerprint density at radius 2 is 1.55 bits per heavy atom. The second kappa shape index (κ2) is 12.1. The van der Waals surface area contributed by atoms with Crippen molar-refractivity contribution in [1.29, 1.82) is 0 Å². The molecule has 0 spiro atoms. The third-order valence-electron chi connectivity index (χ3n) is 7.54. The van der Waals surface area contributed by atoms with Gasteiger partial charge in [0.25, 0.3) is 0 Å². The lowest BCUT2D eigenvalue weighted by Gasteiger charge is -2.36. The van der Waals surface area contributed by atoms with Gasteiger partial charge in [-0.05, 0) is 78.8 Å². The van der Waals surface area contributed by atoms with E-state index in [0.29, 0.717) is 5.57 Å². The van der Waals surface area contributed by atoms with Gasteiger partial charge in [-0.3, -0.25) is 4.79 Å². The van der Waals surface area contributed by atoms with Crippen LogP contribution < -0.4 is 10.2 Å². The largest absolute Gasteiger partial charge is 0.466 e. The maximum atomic E-state index is 13.8. The van der Waals surface area contributed by atoms with Crippen molar-refractivity contribution < 1.29 is 14.3 Å². The molecular weight excluding hydrogens is 472 g/mol. The Labute approximate surface area is 226 Å². The first kappa shape index (κ1) is 27.2. The van der Waals surface area contributed by atoms with Gasteiger partial charge < -0.3 is 15.0 Å². The minimum absolute atomic E-state index is 0.0753. The molecule has 1 amide bonds. The molecule has 0 bridgehead atoms. The fourth-order valence-corrected chi connectivity index (χ4v) is 5.31. The summed E-state index contributed by atoms with van der Waals surface area (Å²) in [7, 11) is 5.46. The predicted octanol–water partition coefficient (Wildman–Crippen LogP) is 7.13. The van der Waals surface area contributed by atoms with Crippen molar-refractivity contribution in [1.82, 2.24) is 0 Å². The average molecular weight is 511 g/mol. The average Bonchev–Trinajstić information content (AvgIpc) is 2.93. The van der Waals surface area contributed by atoms with Crippen molar-refractivity contribution in [3.63, 3.8) is 0 Å². The van der Waals surface area contributed by atoms with Crippen molar-refractivity contribution >= 4 is 29.3 Å². The van der Waals surface area contributed by atoms with E-state index in [1.165, 1.54) is 35.9 Å². The summed E-state index contributed by atoms with van der Waals surface area (Å²) in [6, 6.07) is 24.8. The maximum absolute atomic E-state index is 13.8. The van der Waals surface area contributed by atoms with Crippen molar-refractivity contribution in [3.8, 4) is 11.1 Å². The maximum Gasteiger partial charge on any atom is 0.333 e. The topological polar surface area (TPSA) is 58.6 Å². The molecule has 0 unspecified atom stereocenters. The first-order chi connectivity index (χ1) is 18.3. The number of rotatable bonds is 8. The van der Waals surface area contributed by atoms with Crippen LogP contribution >= 0.6 is 0 Å². The first-order valence-corrected chi connectivity index (χ1v) is 13.3. The quantitative estimate of drug-likeness (QED) is 0.259. The van der Waals surface area contributed by atoms with Gasteiger partial charge in [-0.15, -0.1) is 0 Å². The van der Waals surface area contributed by atoms with Crippen LogP contribution in [0, 0.1) is 5.41 Å². The summed E-state index contributed by atoms with van der Waals surface area (Å²) >= 11 is 0. The van der Waals surface area contributed by atoms with E-state index in [1.807, 2.05) is 38.4 Å². The predicted molar refractivity (Wildman–Crippen MR) is 156 cm³/mol. The van der Waals surface area contributed by atoms with Crippen LogP contribution in [0.2, 0.25) is 0 Å². The Morgan fingerprint density at radius 3 is 2.16 bits per heavy atom. The molecule has 1 fully saturated rings. The molecule has 1 N–H and O–H groups in total. The number of methoxy groups -OCH3 is 1. The number of benzene rings is 3. The number of hydrogen-bond acceptors (Lipinski definition) is 4. The van der Waals surface area contributed by atoms with Crippen LogP contribution in [0.1, 0.15) is 50.2 Å². The Balaban J connectivity index is 1.50. The zero-order valence-corrected chi connectivity index (χ0v) is 22.9. The molecule has 0 atom stereocenters. The molecule has 1 aliphatic carbocycles. The Morgan fingerprint density at radius 1 is 0.921 bits per heavy atom. The summed E-state index contributed by atoms with van der Waals surface area (Å²) in [6.07, 6.45) is 7.55. The lowest BCUT2D eigenvalue weighted by molar-refractivity contribution is -0.136. The molecule has 3 aromatic carbocycles. The SMILES string of the molecule is COC(=O)/C(C)=C/c1cccc(NC(=O)C2(Cc3ccc(-c4ccc(N(C)C)cc4)cc3)CCCCC2)c1. The zero-order chi connectivity index (χ0) is 27.1. The van der Waals surface area contributed by atoms with E-state index >= 15 is 0 Å². The van der Waals surface area contributed by atoms with Gasteiger partial charge in [0.05, 0.1) is 12.5 Å². The summed E-state index contributed by atoms with van der Waals surface area (Å²) in [6.45, 7) is 1.72. The highest BCUT2D eigenvalue weighted by atomic mass is 16.5. The van der Waals surface area contributed by atoms with E-state index in [4.69, 9.17) is 4.74 Å². The van der Waals surface area contributed by atoms with Gasteiger partial charge in [-0.25, -0.2) is 4.79 Å². The second-order valence-electron chi connectivity index (χ2n) is 10.6. The smallest absolute Gasteiger partial charge is 0.333 e. The molecule has 0 heterocycles. The van der Waals surface area contributed by atoms with Crippen LogP contribution in [0.3, 0.4) is 0 Å². The summed E-state index contributed by atoms with van der Waals surface area (Å²) in [4.78, 5) is 27.6. The van der Waals surface area contributed by atoms with Gasteiger partial charge in [0.15, 0.2) is 0 Å². The highest BCUT2D eigenvalue weighted by Crippen LogP contribution is 2.41. The van der Waals surface area contributed by atoms with Gasteiger partial charge in [0.1, 0.15) is 0 Å². The molecule has 1 saturated carbocycles. The molecule has 0 aliphatic heterocycles. The van der Waals surface area contributed by atoms with Gasteiger partial charge >= 0.3 is 5.97 Å². The molecular formula is C33H38N2O3. The van der Waals surface area contributed by atoms with Crippen LogP contribution in [0.15, 0.2) is 78.4 Å². The highest BCUT2D eigenvalue weighted by Gasteiger charge is 2.39. The number of nitrogens with zero attached hydrogens (tertiary/aromatic N) is 1. The molecule has 0 saturated heterocycles. The number of anilines is 2. The molecule has 5 nitrogen and oxygen atoms in total. The molecule has 5 heteroatoms. The number of nitrogens with one attached hydrogen (secondary N) is 1. The zero-order valence-electron chi connectivity index (χ0n) is 22.9. The van der Waals surface area contributed by atoms with Crippen molar-refractivity contribution in [2.45, 2.75) is 45.4 Å². The molecule has 198 valence electrons. The molecule has 38 heavy (non-hydrogen) atoms. The number of hydrogen-bond donors (Lipinski definition) is 1. The van der Waals surface area contributed by atoms with Crippen LogP contribution in [0.25, 0.3) is 17.2 Å². The molecule has 0 aromatic heterocycles. The number of amides is 1. The van der Waals surface area contributed by atoms with E-state index < -0.39 is 5.41 Å². The number of carbonyl (C=O) groups is 2. The van der Waals surface area contributed by atoms with Crippen LogP contribution in [0.4, 0.5) is 11.4 Å². The van der Waals surface area contributed by atoms with Gasteiger partial charge in [0, 0.05) is 31.0 Å². The Hall–Kier alpha value is -3.86. The van der Waals surface area contributed by atoms with Crippen molar-refractivity contribution in [2.24, 2.45) is 5.41 Å². The van der Waals surface area contributed by atoms with Crippen LogP contribution in [-0.2, 0) is 20.7 Å². The highest BCUT2D eigenvalue weighted by molar-refractivity contribution is 5.96. The normalized spacial score (nSPS) is 15.0. The minimum Gasteiger partial charge on any atom is -0.466 e. The number of esters is 1. The molecule has 3 aromatic rings. The number of carbonyl (C=O) groups excluding carboxylic acids is 2. The lowest BCUT2D eigenvalue weighted by Crippen LogP contribution is -2.40. The van der Waals surface area contributed by atoms with E-state index in [9.17, 15) is 9.59 Å². The summed E-state index contributed by atoms with van der Waals surface area (Å²) in [5.74, 6) is -0.288. The Bertz CT molecular complexity index is 1280. The van der Waals surface area contributed by atoms with Crippen molar-refractivity contribution in [3.05, 3.63) is 89.5 Å². The fraction of sp³-hybridized carbons (Fsp3) is 0.333. The molecule has 4 rings (SSSR count). The standard InChI is InChI=1S/C33H38N2O3/c1-24(31(36)38-4)21-26-9-8-10-29(22-26)34-32(37)33(19-6-5-7-20-33)23-25-11-13-27(14-12-25)28-15-17-30(18-16-28)35(2)3/h8-18,21-22H,5-7,19-20,23H2,1-4H3,(H,34,37)/b24-21+.